The summed E-state index contributed by atoms with van der Waals surface area (Å²) in [6.07, 6.45) is 0.796. The third-order valence-electron chi connectivity index (χ3n) is 3.49. The van der Waals surface area contributed by atoms with Crippen LogP contribution in [0.1, 0.15) is 24.4 Å². The van der Waals surface area contributed by atoms with Crippen LogP contribution in [0.4, 0.5) is 24.7 Å². The van der Waals surface area contributed by atoms with E-state index in [2.05, 4.69) is 20.4 Å². The molecule has 3 heterocycles. The zero-order chi connectivity index (χ0) is 16.4. The number of hydrogen-bond acceptors (Lipinski definition) is 5. The first-order valence-electron chi connectivity index (χ1n) is 6.92. The number of nitrogens with zero attached hydrogens (tertiary/aromatic N) is 4. The molecule has 2 aromatic heterocycles. The molecule has 0 atom stereocenters. The topological polar surface area (TPSA) is 64.9 Å². The van der Waals surface area contributed by atoms with Crippen molar-refractivity contribution in [1.82, 2.24) is 19.7 Å². The van der Waals surface area contributed by atoms with Gasteiger partial charge in [-0.3, -0.25) is 4.68 Å². The average molecular weight is 348 g/mol. The molecule has 0 saturated carbocycles. The minimum atomic E-state index is -4.58. The molecule has 23 heavy (non-hydrogen) atoms. The minimum Gasteiger partial charge on any atom is -0.381 e. The Kier molecular flexibility index (Phi) is 4.40. The van der Waals surface area contributed by atoms with Crippen LogP contribution >= 0.6 is 11.6 Å². The molecular formula is C13H13ClF3N5O. The highest BCUT2D eigenvalue weighted by atomic mass is 35.5. The first-order valence-corrected chi connectivity index (χ1v) is 7.30. The molecule has 0 aliphatic carbocycles. The van der Waals surface area contributed by atoms with E-state index in [4.69, 9.17) is 16.3 Å². The van der Waals surface area contributed by atoms with Crippen molar-refractivity contribution >= 4 is 23.1 Å². The van der Waals surface area contributed by atoms with Crippen LogP contribution in [0, 0.1) is 0 Å². The third-order valence-corrected chi connectivity index (χ3v) is 3.68. The lowest BCUT2D eigenvalue weighted by Gasteiger charge is -2.22. The van der Waals surface area contributed by atoms with Gasteiger partial charge in [-0.2, -0.15) is 23.3 Å². The van der Waals surface area contributed by atoms with Crippen molar-refractivity contribution in [3.63, 3.8) is 0 Å². The van der Waals surface area contributed by atoms with Crippen molar-refractivity contribution in [3.8, 4) is 0 Å². The molecule has 1 saturated heterocycles. The van der Waals surface area contributed by atoms with E-state index >= 15 is 0 Å². The fourth-order valence-corrected chi connectivity index (χ4v) is 2.49. The summed E-state index contributed by atoms with van der Waals surface area (Å²) in [6.45, 7) is 1.29. The molecule has 1 N–H and O–H groups in total. The van der Waals surface area contributed by atoms with Crippen LogP contribution < -0.4 is 5.32 Å². The Morgan fingerprint density at radius 2 is 2.00 bits per heavy atom. The maximum absolute atomic E-state index is 13.0. The molecule has 0 amide bonds. The molecule has 1 aliphatic heterocycles. The Hall–Kier alpha value is -1.87. The monoisotopic (exact) mass is 347 g/mol. The number of hydrogen-bond donors (Lipinski definition) is 1. The second-order valence-corrected chi connectivity index (χ2v) is 5.41. The van der Waals surface area contributed by atoms with Gasteiger partial charge in [-0.1, -0.05) is 0 Å². The van der Waals surface area contributed by atoms with Gasteiger partial charge >= 0.3 is 6.18 Å². The number of halogens is 4. The summed E-state index contributed by atoms with van der Waals surface area (Å²) in [4.78, 5) is 7.01. The predicted octanol–water partition coefficient (Wildman–Crippen LogP) is 3.44. The Morgan fingerprint density at radius 3 is 2.70 bits per heavy atom. The second-order valence-electron chi connectivity index (χ2n) is 5.08. The van der Waals surface area contributed by atoms with Crippen LogP contribution in [0.3, 0.4) is 0 Å². The molecule has 3 rings (SSSR count). The highest BCUT2D eigenvalue weighted by Gasteiger charge is 2.35. The van der Waals surface area contributed by atoms with E-state index in [9.17, 15) is 13.2 Å². The smallest absolute Gasteiger partial charge is 0.381 e. The Bertz CT molecular complexity index is 684. The fourth-order valence-electron chi connectivity index (χ4n) is 2.35. The summed E-state index contributed by atoms with van der Waals surface area (Å²) in [5, 5.41) is 6.53. The molecule has 2 aromatic rings. The van der Waals surface area contributed by atoms with Crippen LogP contribution in [0.15, 0.2) is 18.6 Å². The molecule has 10 heteroatoms. The molecule has 0 aromatic carbocycles. The highest BCUT2D eigenvalue weighted by Crippen LogP contribution is 2.35. The van der Waals surface area contributed by atoms with E-state index in [0.29, 0.717) is 25.1 Å². The van der Waals surface area contributed by atoms with Crippen molar-refractivity contribution in [3.05, 3.63) is 29.4 Å². The van der Waals surface area contributed by atoms with E-state index < -0.39 is 17.6 Å². The van der Waals surface area contributed by atoms with E-state index in [1.165, 1.54) is 6.20 Å². The molecule has 0 radical (unpaired) electrons. The number of rotatable bonds is 3. The first kappa shape index (κ1) is 16.0. The highest BCUT2D eigenvalue weighted by molar-refractivity contribution is 6.28. The summed E-state index contributed by atoms with van der Waals surface area (Å²) in [6, 6.07) is 0.176. The summed E-state index contributed by atoms with van der Waals surface area (Å²) in [5.74, 6) is -0.399. The van der Waals surface area contributed by atoms with E-state index in [-0.39, 0.29) is 11.3 Å². The predicted molar refractivity (Wildman–Crippen MR) is 76.6 cm³/mol. The van der Waals surface area contributed by atoms with Crippen molar-refractivity contribution in [2.75, 3.05) is 18.5 Å². The van der Waals surface area contributed by atoms with Gasteiger partial charge in [0.2, 0.25) is 5.28 Å². The van der Waals surface area contributed by atoms with E-state index in [1.54, 1.807) is 10.9 Å². The summed E-state index contributed by atoms with van der Waals surface area (Å²) in [7, 11) is 0. The third kappa shape index (κ3) is 3.73. The molecule has 1 aliphatic rings. The largest absolute Gasteiger partial charge is 0.421 e. The van der Waals surface area contributed by atoms with Gasteiger partial charge in [0.25, 0.3) is 0 Å². The zero-order valence-electron chi connectivity index (χ0n) is 11.8. The van der Waals surface area contributed by atoms with Gasteiger partial charge in [0.1, 0.15) is 11.4 Å². The average Bonchev–Trinajstić information content (AvgIpc) is 2.95. The van der Waals surface area contributed by atoms with Gasteiger partial charge < -0.3 is 10.1 Å². The zero-order valence-corrected chi connectivity index (χ0v) is 12.6. The lowest BCUT2D eigenvalue weighted by Crippen LogP contribution is -2.19. The Labute approximate surface area is 134 Å². The molecule has 0 unspecified atom stereocenters. The quantitative estimate of drug-likeness (QED) is 0.862. The van der Waals surface area contributed by atoms with Crippen molar-refractivity contribution in [2.24, 2.45) is 0 Å². The number of aromatic nitrogens is 4. The number of ether oxygens (including phenoxy) is 1. The van der Waals surface area contributed by atoms with Gasteiger partial charge in [0, 0.05) is 25.6 Å². The van der Waals surface area contributed by atoms with E-state index in [1.807, 2.05) is 0 Å². The van der Waals surface area contributed by atoms with E-state index in [0.717, 1.165) is 12.8 Å². The van der Waals surface area contributed by atoms with Gasteiger partial charge in [-0.25, -0.2) is 4.98 Å². The maximum Gasteiger partial charge on any atom is 0.421 e. The van der Waals surface area contributed by atoms with Crippen LogP contribution in [0.25, 0.3) is 0 Å². The maximum atomic E-state index is 13.0. The van der Waals surface area contributed by atoms with Crippen LogP contribution in [0.5, 0.6) is 0 Å². The first-order chi connectivity index (χ1) is 10.9. The van der Waals surface area contributed by atoms with Crippen molar-refractivity contribution < 1.29 is 17.9 Å². The molecule has 1 fully saturated rings. The summed E-state index contributed by atoms with van der Waals surface area (Å²) >= 11 is 5.60. The molecule has 0 spiro atoms. The van der Waals surface area contributed by atoms with Gasteiger partial charge in [-0.05, 0) is 24.4 Å². The molecule has 124 valence electrons. The normalized spacial score (nSPS) is 16.5. The molecular weight excluding hydrogens is 335 g/mol. The minimum absolute atomic E-state index is 0.176. The molecule has 6 nitrogen and oxygen atoms in total. The van der Waals surface area contributed by atoms with Crippen molar-refractivity contribution in [2.45, 2.75) is 25.1 Å². The Balaban J connectivity index is 1.82. The summed E-state index contributed by atoms with van der Waals surface area (Å²) < 4.78 is 45.9. The lowest BCUT2D eigenvalue weighted by atomic mass is 10.1. The van der Waals surface area contributed by atoms with Gasteiger partial charge in [0.15, 0.2) is 0 Å². The molecule has 0 bridgehead atoms. The number of anilines is 2. The van der Waals surface area contributed by atoms with Crippen molar-refractivity contribution in [1.29, 1.82) is 0 Å². The number of alkyl halides is 3. The Morgan fingerprint density at radius 1 is 1.26 bits per heavy atom. The fraction of sp³-hybridized carbons (Fsp3) is 0.462. The second kappa shape index (κ2) is 6.32. The number of nitrogens with one attached hydrogen (secondary N) is 1. The van der Waals surface area contributed by atoms with Crippen LogP contribution in [0.2, 0.25) is 5.28 Å². The van der Waals surface area contributed by atoms with Crippen LogP contribution in [-0.2, 0) is 10.9 Å². The lowest BCUT2D eigenvalue weighted by molar-refractivity contribution is -0.137. The summed E-state index contributed by atoms with van der Waals surface area (Å²) in [5.41, 5.74) is -0.586. The van der Waals surface area contributed by atoms with Gasteiger partial charge in [0.05, 0.1) is 17.9 Å². The van der Waals surface area contributed by atoms with Gasteiger partial charge in [-0.15, -0.1) is 0 Å². The standard InChI is InChI=1S/C13H13ClF3N5O/c14-12-18-6-10(13(15,16)17)11(21-12)20-8-5-19-22(7-8)9-1-3-23-4-2-9/h5-7,9H,1-4H2,(H,18,20,21). The van der Waals surface area contributed by atoms with Crippen LogP contribution in [-0.4, -0.2) is 33.0 Å². The SMILES string of the molecule is FC(F)(F)c1cnc(Cl)nc1Nc1cnn(C2CCOCC2)c1.